The highest BCUT2D eigenvalue weighted by molar-refractivity contribution is 7.92. The molecule has 0 saturated heterocycles. The second-order valence-electron chi connectivity index (χ2n) is 10.5. The maximum atomic E-state index is 13.9. The minimum atomic E-state index is -4.89. The van der Waals surface area contributed by atoms with Crippen LogP contribution >= 0.6 is 23.2 Å². The summed E-state index contributed by atoms with van der Waals surface area (Å²) in [5, 5.41) is 2.51. The summed E-state index contributed by atoms with van der Waals surface area (Å²) in [4.78, 5) is 27.9. The molecule has 0 heterocycles. The minimum absolute atomic E-state index is 0.121. The van der Waals surface area contributed by atoms with E-state index in [1.54, 1.807) is 31.2 Å². The summed E-state index contributed by atoms with van der Waals surface area (Å²) in [5.41, 5.74) is -0.379. The van der Waals surface area contributed by atoms with Crippen LogP contribution in [0, 0.1) is 12.8 Å². The van der Waals surface area contributed by atoms with E-state index in [1.807, 2.05) is 13.8 Å². The number of halogens is 5. The van der Waals surface area contributed by atoms with E-state index in [-0.39, 0.29) is 17.4 Å². The van der Waals surface area contributed by atoms with Crippen molar-refractivity contribution in [1.82, 2.24) is 10.2 Å². The molecular weight excluding hydrogens is 626 g/mol. The number of amides is 2. The number of hydrogen-bond acceptors (Lipinski definition) is 4. The molecule has 232 valence electrons. The summed E-state index contributed by atoms with van der Waals surface area (Å²) in [5.74, 6) is -1.19. The van der Waals surface area contributed by atoms with Gasteiger partial charge in [-0.25, -0.2) is 8.42 Å². The van der Waals surface area contributed by atoms with Crippen LogP contribution in [0.4, 0.5) is 18.9 Å². The highest BCUT2D eigenvalue weighted by atomic mass is 35.5. The van der Waals surface area contributed by atoms with Crippen molar-refractivity contribution in [3.05, 3.63) is 93.5 Å². The van der Waals surface area contributed by atoms with Crippen LogP contribution in [0.2, 0.25) is 10.0 Å². The molecule has 3 aromatic rings. The van der Waals surface area contributed by atoms with Gasteiger partial charge in [-0.05, 0) is 67.8 Å². The molecule has 0 radical (unpaired) electrons. The number of anilines is 1. The van der Waals surface area contributed by atoms with Crippen molar-refractivity contribution < 1.29 is 31.2 Å². The van der Waals surface area contributed by atoms with E-state index in [0.717, 1.165) is 17.7 Å². The normalized spacial score (nSPS) is 12.6. The second kappa shape index (κ2) is 14.0. The van der Waals surface area contributed by atoms with E-state index >= 15 is 0 Å². The van der Waals surface area contributed by atoms with Gasteiger partial charge in [0, 0.05) is 18.1 Å². The molecule has 7 nitrogen and oxygen atoms in total. The van der Waals surface area contributed by atoms with E-state index in [1.165, 1.54) is 36.1 Å². The molecule has 1 N–H and O–H groups in total. The molecular formula is C30H32Cl2F3N3O4S. The fourth-order valence-corrected chi connectivity index (χ4v) is 5.96. The minimum Gasteiger partial charge on any atom is -0.354 e. The predicted octanol–water partition coefficient (Wildman–Crippen LogP) is 6.71. The highest BCUT2D eigenvalue weighted by Gasteiger charge is 2.37. The van der Waals surface area contributed by atoms with Gasteiger partial charge in [0.25, 0.3) is 10.0 Å². The summed E-state index contributed by atoms with van der Waals surface area (Å²) in [6.45, 7) is 6.33. The van der Waals surface area contributed by atoms with Crippen molar-refractivity contribution in [1.29, 1.82) is 0 Å². The lowest BCUT2D eigenvalue weighted by molar-refractivity contribution is -0.139. The van der Waals surface area contributed by atoms with Crippen molar-refractivity contribution in [2.75, 3.05) is 17.4 Å². The van der Waals surface area contributed by atoms with Crippen molar-refractivity contribution in [3.63, 3.8) is 0 Å². The number of nitrogens with zero attached hydrogens (tertiary/aromatic N) is 2. The predicted molar refractivity (Wildman–Crippen MR) is 161 cm³/mol. The molecule has 0 fully saturated rings. The SMILES string of the molecule is Cc1ccc(S(=O)(=O)N(CC(=O)N(Cc2cccc(Cl)c2)C(C)C(=O)NCC(C)C)c2ccc(Cl)c(C(F)(F)F)c2)cc1. The molecule has 3 rings (SSSR count). The van der Waals surface area contributed by atoms with Gasteiger partial charge in [0.1, 0.15) is 12.6 Å². The van der Waals surface area contributed by atoms with Gasteiger partial charge in [-0.15, -0.1) is 0 Å². The van der Waals surface area contributed by atoms with Gasteiger partial charge < -0.3 is 10.2 Å². The number of benzene rings is 3. The third-order valence-electron chi connectivity index (χ3n) is 6.52. The van der Waals surface area contributed by atoms with Crippen LogP contribution in [0.3, 0.4) is 0 Å². The summed E-state index contributed by atoms with van der Waals surface area (Å²) in [6, 6.07) is 13.8. The summed E-state index contributed by atoms with van der Waals surface area (Å²) >= 11 is 11.9. The fourth-order valence-electron chi connectivity index (χ4n) is 4.12. The van der Waals surface area contributed by atoms with Crippen LogP contribution in [0.1, 0.15) is 37.5 Å². The third-order valence-corrected chi connectivity index (χ3v) is 8.88. The van der Waals surface area contributed by atoms with Gasteiger partial charge in [0.2, 0.25) is 11.8 Å². The van der Waals surface area contributed by atoms with E-state index < -0.39 is 56.9 Å². The van der Waals surface area contributed by atoms with E-state index in [2.05, 4.69) is 5.32 Å². The summed E-state index contributed by atoms with van der Waals surface area (Å²) in [7, 11) is -4.57. The summed E-state index contributed by atoms with van der Waals surface area (Å²) < 4.78 is 69.6. The lowest BCUT2D eigenvalue weighted by Crippen LogP contribution is -2.51. The largest absolute Gasteiger partial charge is 0.417 e. The van der Waals surface area contributed by atoms with Crippen LogP contribution in [0.15, 0.2) is 71.6 Å². The van der Waals surface area contributed by atoms with E-state index in [9.17, 15) is 31.2 Å². The lowest BCUT2D eigenvalue weighted by atomic mass is 10.1. The molecule has 0 spiro atoms. The average Bonchev–Trinajstić information content (AvgIpc) is 2.92. The Morgan fingerprint density at radius 1 is 0.953 bits per heavy atom. The number of aryl methyl sites for hydroxylation is 1. The molecule has 2 amide bonds. The molecule has 0 aromatic heterocycles. The van der Waals surface area contributed by atoms with Gasteiger partial charge in [0.05, 0.1) is 21.2 Å². The number of rotatable bonds is 11. The molecule has 43 heavy (non-hydrogen) atoms. The smallest absolute Gasteiger partial charge is 0.354 e. The summed E-state index contributed by atoms with van der Waals surface area (Å²) in [6.07, 6.45) is -4.89. The first kappa shape index (κ1) is 34.2. The molecule has 0 aliphatic heterocycles. The zero-order chi connectivity index (χ0) is 32.1. The Balaban J connectivity index is 2.11. The van der Waals surface area contributed by atoms with Crippen LogP contribution in [-0.2, 0) is 32.3 Å². The van der Waals surface area contributed by atoms with Crippen molar-refractivity contribution in [2.45, 2.75) is 51.4 Å². The van der Waals surface area contributed by atoms with Crippen LogP contribution < -0.4 is 9.62 Å². The number of carbonyl (C=O) groups excluding carboxylic acids is 2. The van der Waals surface area contributed by atoms with E-state index in [4.69, 9.17) is 23.2 Å². The van der Waals surface area contributed by atoms with Crippen LogP contribution in [0.5, 0.6) is 0 Å². The maximum Gasteiger partial charge on any atom is 0.417 e. The quantitative estimate of drug-likeness (QED) is 0.248. The van der Waals surface area contributed by atoms with Crippen LogP contribution in [-0.4, -0.2) is 44.3 Å². The molecule has 13 heteroatoms. The molecule has 1 unspecified atom stereocenters. The number of carbonyl (C=O) groups is 2. The fraction of sp³-hybridized carbons (Fsp3) is 0.333. The van der Waals surface area contributed by atoms with Crippen molar-refractivity contribution >= 4 is 50.7 Å². The molecule has 0 aliphatic carbocycles. The van der Waals surface area contributed by atoms with Crippen LogP contribution in [0.25, 0.3) is 0 Å². The molecule has 1 atom stereocenters. The Morgan fingerprint density at radius 3 is 2.19 bits per heavy atom. The van der Waals surface area contributed by atoms with Crippen molar-refractivity contribution in [3.8, 4) is 0 Å². The Kier molecular flexibility index (Phi) is 11.1. The Labute approximate surface area is 259 Å². The average molecular weight is 659 g/mol. The van der Waals surface area contributed by atoms with E-state index in [0.29, 0.717) is 27.5 Å². The highest BCUT2D eigenvalue weighted by Crippen LogP contribution is 2.38. The maximum absolute atomic E-state index is 13.9. The Morgan fingerprint density at radius 2 is 1.60 bits per heavy atom. The number of hydrogen-bond donors (Lipinski definition) is 1. The van der Waals surface area contributed by atoms with Gasteiger partial charge in [-0.1, -0.05) is 66.9 Å². The first-order chi connectivity index (χ1) is 20.0. The topological polar surface area (TPSA) is 86.8 Å². The standard InChI is InChI=1S/C30H32Cl2F3N3O4S/c1-19(2)16-36-29(40)21(4)37(17-22-6-5-7-23(31)14-22)28(39)18-38(43(41,42)25-11-8-20(3)9-12-25)24-10-13-27(32)26(15-24)30(33,34)35/h5-15,19,21H,16-18H2,1-4H3,(H,36,40). The molecule has 0 bridgehead atoms. The third kappa shape index (κ3) is 8.87. The molecule has 0 aliphatic rings. The molecule has 0 saturated carbocycles. The number of nitrogens with one attached hydrogen (secondary N) is 1. The second-order valence-corrected chi connectivity index (χ2v) is 13.2. The molecule has 3 aromatic carbocycles. The Bertz CT molecular complexity index is 1570. The van der Waals surface area contributed by atoms with Gasteiger partial charge >= 0.3 is 6.18 Å². The van der Waals surface area contributed by atoms with Gasteiger partial charge in [-0.2, -0.15) is 13.2 Å². The zero-order valence-electron chi connectivity index (χ0n) is 24.0. The van der Waals surface area contributed by atoms with Gasteiger partial charge in [0.15, 0.2) is 0 Å². The monoisotopic (exact) mass is 657 g/mol. The van der Waals surface area contributed by atoms with Crippen molar-refractivity contribution in [2.24, 2.45) is 5.92 Å². The number of sulfonamides is 1. The Hall–Kier alpha value is -3.28. The number of alkyl halides is 3. The first-order valence-electron chi connectivity index (χ1n) is 13.3. The zero-order valence-corrected chi connectivity index (χ0v) is 26.3. The lowest BCUT2D eigenvalue weighted by Gasteiger charge is -2.32. The first-order valence-corrected chi connectivity index (χ1v) is 15.5. The van der Waals surface area contributed by atoms with Gasteiger partial charge in [-0.3, -0.25) is 13.9 Å².